The summed E-state index contributed by atoms with van der Waals surface area (Å²) in [7, 11) is 0. The molecule has 0 aliphatic carbocycles. The maximum Gasteiger partial charge on any atom is 0.257 e. The van der Waals surface area contributed by atoms with Gasteiger partial charge in [-0.2, -0.15) is 0 Å². The molecule has 0 radical (unpaired) electrons. The second-order valence-electron chi connectivity index (χ2n) is 5.36. The lowest BCUT2D eigenvalue weighted by Crippen LogP contribution is -2.17. The largest absolute Gasteiger partial charge is 0.486 e. The molecular weight excluding hydrogens is 343 g/mol. The van der Waals surface area contributed by atoms with Gasteiger partial charge in [-0.05, 0) is 30.3 Å². The Kier molecular flexibility index (Phi) is 4.07. The standard InChI is InChI=1S/C18H13FN2O3S/c19-13-3-1-2-11(8-13)14-10-25-18(20-14)21-17(22)12-4-5-15-16(9-12)24-7-6-23-15/h1-5,8-10H,6-7H2,(H,20,21,22). The highest BCUT2D eigenvalue weighted by Gasteiger charge is 2.16. The lowest BCUT2D eigenvalue weighted by Gasteiger charge is -2.18. The molecule has 2 aromatic carbocycles. The molecule has 126 valence electrons. The predicted octanol–water partition coefficient (Wildman–Crippen LogP) is 3.97. The summed E-state index contributed by atoms with van der Waals surface area (Å²) in [6.07, 6.45) is 0. The Morgan fingerprint density at radius 2 is 1.96 bits per heavy atom. The zero-order valence-corrected chi connectivity index (χ0v) is 13.8. The summed E-state index contributed by atoms with van der Waals surface area (Å²) in [5.74, 6) is 0.563. The van der Waals surface area contributed by atoms with Gasteiger partial charge >= 0.3 is 0 Å². The number of hydrogen-bond acceptors (Lipinski definition) is 5. The minimum atomic E-state index is -0.327. The van der Waals surface area contributed by atoms with E-state index in [9.17, 15) is 9.18 Å². The van der Waals surface area contributed by atoms with Crippen LogP contribution in [0, 0.1) is 5.82 Å². The highest BCUT2D eigenvalue weighted by atomic mass is 32.1. The topological polar surface area (TPSA) is 60.5 Å². The van der Waals surface area contributed by atoms with E-state index in [0.717, 1.165) is 0 Å². The maximum atomic E-state index is 13.3. The number of halogens is 1. The third kappa shape index (κ3) is 3.32. The minimum absolute atomic E-state index is 0.294. The predicted molar refractivity (Wildman–Crippen MR) is 92.9 cm³/mol. The van der Waals surface area contributed by atoms with E-state index in [2.05, 4.69) is 10.3 Å². The zero-order valence-electron chi connectivity index (χ0n) is 13.0. The molecule has 5 nitrogen and oxygen atoms in total. The molecule has 0 bridgehead atoms. The number of carbonyl (C=O) groups is 1. The van der Waals surface area contributed by atoms with E-state index in [1.54, 1.807) is 35.7 Å². The SMILES string of the molecule is O=C(Nc1nc(-c2cccc(F)c2)cs1)c1ccc2c(c1)OCCO2. The molecule has 2 heterocycles. The average molecular weight is 356 g/mol. The second-order valence-corrected chi connectivity index (χ2v) is 6.22. The molecule has 1 aromatic heterocycles. The van der Waals surface area contributed by atoms with Crippen molar-refractivity contribution in [3.8, 4) is 22.8 Å². The Bertz CT molecular complexity index is 942. The molecule has 4 rings (SSSR count). The van der Waals surface area contributed by atoms with E-state index in [1.807, 2.05) is 0 Å². The van der Waals surface area contributed by atoms with Gasteiger partial charge in [0.15, 0.2) is 16.6 Å². The third-order valence-electron chi connectivity index (χ3n) is 3.65. The maximum absolute atomic E-state index is 13.3. The van der Waals surface area contributed by atoms with Crippen molar-refractivity contribution in [2.45, 2.75) is 0 Å². The van der Waals surface area contributed by atoms with Crippen molar-refractivity contribution in [3.63, 3.8) is 0 Å². The van der Waals surface area contributed by atoms with Crippen LogP contribution in [-0.4, -0.2) is 24.1 Å². The van der Waals surface area contributed by atoms with E-state index in [-0.39, 0.29) is 11.7 Å². The van der Waals surface area contributed by atoms with Crippen molar-refractivity contribution < 1.29 is 18.7 Å². The summed E-state index contributed by atoms with van der Waals surface area (Å²) < 4.78 is 24.2. The molecule has 0 fully saturated rings. The monoisotopic (exact) mass is 356 g/mol. The van der Waals surface area contributed by atoms with Crippen LogP contribution in [0.5, 0.6) is 11.5 Å². The van der Waals surface area contributed by atoms with Gasteiger partial charge in [-0.25, -0.2) is 9.37 Å². The van der Waals surface area contributed by atoms with E-state index in [0.29, 0.717) is 46.7 Å². The van der Waals surface area contributed by atoms with Crippen LogP contribution >= 0.6 is 11.3 Å². The number of ether oxygens (including phenoxy) is 2. The number of hydrogen-bond donors (Lipinski definition) is 1. The zero-order chi connectivity index (χ0) is 17.2. The van der Waals surface area contributed by atoms with Crippen LogP contribution in [0.4, 0.5) is 9.52 Å². The van der Waals surface area contributed by atoms with Gasteiger partial charge in [-0.1, -0.05) is 12.1 Å². The fraction of sp³-hybridized carbons (Fsp3) is 0.111. The Labute approximate surface area is 147 Å². The number of nitrogens with one attached hydrogen (secondary N) is 1. The smallest absolute Gasteiger partial charge is 0.257 e. The van der Waals surface area contributed by atoms with Gasteiger partial charge in [0.05, 0.1) is 5.69 Å². The Morgan fingerprint density at radius 1 is 1.12 bits per heavy atom. The van der Waals surface area contributed by atoms with Gasteiger partial charge in [0.2, 0.25) is 0 Å². The molecule has 0 spiro atoms. The molecule has 25 heavy (non-hydrogen) atoms. The number of anilines is 1. The number of carbonyl (C=O) groups excluding carboxylic acids is 1. The number of aromatic nitrogens is 1. The number of thiazole rings is 1. The average Bonchev–Trinajstić information content (AvgIpc) is 3.10. The fourth-order valence-electron chi connectivity index (χ4n) is 2.47. The Hall–Kier alpha value is -2.93. The summed E-state index contributed by atoms with van der Waals surface area (Å²) in [6.45, 7) is 0.960. The molecule has 0 saturated heterocycles. The lowest BCUT2D eigenvalue weighted by atomic mass is 10.2. The summed E-state index contributed by atoms with van der Waals surface area (Å²) >= 11 is 1.28. The summed E-state index contributed by atoms with van der Waals surface area (Å²) in [5.41, 5.74) is 1.73. The van der Waals surface area contributed by atoms with Crippen molar-refractivity contribution in [3.05, 3.63) is 59.2 Å². The van der Waals surface area contributed by atoms with Crippen LogP contribution < -0.4 is 14.8 Å². The molecule has 1 aliphatic heterocycles. The van der Waals surface area contributed by atoms with Crippen LogP contribution in [0.25, 0.3) is 11.3 Å². The highest BCUT2D eigenvalue weighted by molar-refractivity contribution is 7.14. The molecule has 0 atom stereocenters. The molecule has 7 heteroatoms. The quantitative estimate of drug-likeness (QED) is 0.771. The van der Waals surface area contributed by atoms with E-state index in [1.165, 1.54) is 23.5 Å². The fourth-order valence-corrected chi connectivity index (χ4v) is 3.18. The van der Waals surface area contributed by atoms with Crippen molar-refractivity contribution >= 4 is 22.4 Å². The van der Waals surface area contributed by atoms with Crippen molar-refractivity contribution in [2.24, 2.45) is 0 Å². The number of rotatable bonds is 3. The molecule has 1 aliphatic rings. The first-order valence-corrected chi connectivity index (χ1v) is 8.49. The van der Waals surface area contributed by atoms with Gasteiger partial charge in [-0.3, -0.25) is 10.1 Å². The first kappa shape index (κ1) is 15.6. The molecule has 3 aromatic rings. The molecule has 0 unspecified atom stereocenters. The lowest BCUT2D eigenvalue weighted by molar-refractivity contribution is 0.102. The van der Waals surface area contributed by atoms with Crippen LogP contribution in [0.1, 0.15) is 10.4 Å². The van der Waals surface area contributed by atoms with Crippen molar-refractivity contribution in [1.82, 2.24) is 4.98 Å². The molecule has 1 amide bonds. The van der Waals surface area contributed by atoms with Crippen molar-refractivity contribution in [2.75, 3.05) is 18.5 Å². The van der Waals surface area contributed by atoms with Crippen LogP contribution in [-0.2, 0) is 0 Å². The van der Waals surface area contributed by atoms with Gasteiger partial charge in [-0.15, -0.1) is 11.3 Å². The minimum Gasteiger partial charge on any atom is -0.486 e. The highest BCUT2D eigenvalue weighted by Crippen LogP contribution is 2.31. The first-order chi connectivity index (χ1) is 12.2. The first-order valence-electron chi connectivity index (χ1n) is 7.61. The summed E-state index contributed by atoms with van der Waals surface area (Å²) in [4.78, 5) is 16.7. The Balaban J connectivity index is 1.52. The van der Waals surface area contributed by atoms with Gasteiger partial charge in [0.1, 0.15) is 19.0 Å². The number of nitrogens with zero attached hydrogens (tertiary/aromatic N) is 1. The van der Waals surface area contributed by atoms with Crippen LogP contribution in [0.3, 0.4) is 0 Å². The van der Waals surface area contributed by atoms with Crippen molar-refractivity contribution in [1.29, 1.82) is 0 Å². The van der Waals surface area contributed by atoms with Crippen LogP contribution in [0.2, 0.25) is 0 Å². The van der Waals surface area contributed by atoms with Crippen LogP contribution in [0.15, 0.2) is 47.8 Å². The molecule has 1 N–H and O–H groups in total. The normalized spacial score (nSPS) is 12.7. The van der Waals surface area contributed by atoms with E-state index < -0.39 is 0 Å². The van der Waals surface area contributed by atoms with Gasteiger partial charge < -0.3 is 9.47 Å². The number of benzene rings is 2. The number of fused-ring (bicyclic) bond motifs is 1. The molecule has 0 saturated carbocycles. The van der Waals surface area contributed by atoms with Gasteiger partial charge in [0.25, 0.3) is 5.91 Å². The second kappa shape index (κ2) is 6.52. The Morgan fingerprint density at radius 3 is 2.80 bits per heavy atom. The summed E-state index contributed by atoms with van der Waals surface area (Å²) in [6, 6.07) is 11.2. The van der Waals surface area contributed by atoms with E-state index >= 15 is 0 Å². The summed E-state index contributed by atoms with van der Waals surface area (Å²) in [5, 5.41) is 4.96. The van der Waals surface area contributed by atoms with E-state index in [4.69, 9.17) is 9.47 Å². The number of amides is 1. The third-order valence-corrected chi connectivity index (χ3v) is 4.41. The molecular formula is C18H13FN2O3S. The van der Waals surface area contributed by atoms with Gasteiger partial charge in [0, 0.05) is 16.5 Å².